The lowest BCUT2D eigenvalue weighted by Gasteiger charge is -2.38. The van der Waals surface area contributed by atoms with E-state index in [0.717, 1.165) is 36.9 Å². The lowest BCUT2D eigenvalue weighted by molar-refractivity contribution is -0.136. The topological polar surface area (TPSA) is 53.1 Å². The van der Waals surface area contributed by atoms with Gasteiger partial charge in [-0.3, -0.25) is 9.69 Å². The zero-order valence-corrected chi connectivity index (χ0v) is 23.5. The number of benzene rings is 3. The molecule has 6 nitrogen and oxygen atoms in total. The van der Waals surface area contributed by atoms with Crippen LogP contribution >= 0.6 is 0 Å². The van der Waals surface area contributed by atoms with Crippen LogP contribution in [0.15, 0.2) is 72.8 Å². The van der Waals surface area contributed by atoms with Crippen LogP contribution in [0.1, 0.15) is 55.5 Å². The number of carbonyl (C=O) groups is 2. The van der Waals surface area contributed by atoms with Crippen molar-refractivity contribution in [1.82, 2.24) is 9.80 Å². The van der Waals surface area contributed by atoms with Crippen LogP contribution in [0.2, 0.25) is 0 Å². The Morgan fingerprint density at radius 2 is 1.41 bits per heavy atom. The van der Waals surface area contributed by atoms with Crippen LogP contribution in [0.25, 0.3) is 0 Å². The molecule has 2 heterocycles. The van der Waals surface area contributed by atoms with Gasteiger partial charge >= 0.3 is 6.09 Å². The molecule has 3 aromatic carbocycles. The number of amides is 2. The summed E-state index contributed by atoms with van der Waals surface area (Å²) >= 11 is 0. The number of likely N-dealkylation sites (N-methyl/N-ethyl adjacent to an activating group) is 1. The number of ether oxygens (including phenoxy) is 1. The largest absolute Gasteiger partial charge is 0.444 e. The normalized spacial score (nSPS) is 16.5. The second-order valence-electron chi connectivity index (χ2n) is 11.5. The molecule has 0 saturated carbocycles. The van der Waals surface area contributed by atoms with E-state index in [1.54, 1.807) is 9.80 Å². The summed E-state index contributed by atoms with van der Waals surface area (Å²) in [6, 6.07) is 24.5. The standard InChI is InChI=1S/C33H39N3O3/c1-33(2,3)39-32(38)36-23-20-24-12-5-8-15-27(24)30(36)31(37)34(4)21-11-22-35-28-16-9-6-13-25(28)18-19-26-14-7-10-17-29(26)35/h5-10,12-17,30H,11,18-23H2,1-4H3. The quantitative estimate of drug-likeness (QED) is 0.392. The average molecular weight is 526 g/mol. The van der Waals surface area contributed by atoms with Crippen LogP contribution in [0.5, 0.6) is 0 Å². The lowest BCUT2D eigenvalue weighted by atomic mass is 9.92. The number of hydrogen-bond donors (Lipinski definition) is 0. The SMILES string of the molecule is CN(CCCN1c2ccccc2CCc2ccccc21)C(=O)C1c2ccccc2CCN1C(=O)OC(C)(C)C. The summed E-state index contributed by atoms with van der Waals surface area (Å²) in [5.41, 5.74) is 6.56. The number of hydrogen-bond acceptors (Lipinski definition) is 4. The minimum Gasteiger partial charge on any atom is -0.444 e. The predicted octanol–water partition coefficient (Wildman–Crippen LogP) is 6.31. The van der Waals surface area contributed by atoms with E-state index in [1.165, 1.54) is 22.5 Å². The molecule has 3 aromatic rings. The van der Waals surface area contributed by atoms with Crippen molar-refractivity contribution in [2.24, 2.45) is 0 Å². The summed E-state index contributed by atoms with van der Waals surface area (Å²) in [7, 11) is 1.84. The van der Waals surface area contributed by atoms with Gasteiger partial charge in [0.05, 0.1) is 0 Å². The first kappa shape index (κ1) is 26.8. The second-order valence-corrected chi connectivity index (χ2v) is 11.5. The van der Waals surface area contributed by atoms with Gasteiger partial charge in [0.2, 0.25) is 5.91 Å². The third kappa shape index (κ3) is 5.80. The third-order valence-electron chi connectivity index (χ3n) is 7.63. The number of para-hydroxylation sites is 2. The minimum absolute atomic E-state index is 0.0790. The van der Waals surface area contributed by atoms with Crippen molar-refractivity contribution in [2.45, 2.75) is 58.1 Å². The van der Waals surface area contributed by atoms with Gasteiger partial charge in [0.25, 0.3) is 0 Å². The summed E-state index contributed by atoms with van der Waals surface area (Å²) < 4.78 is 5.70. The van der Waals surface area contributed by atoms with Crippen molar-refractivity contribution in [2.75, 3.05) is 31.6 Å². The molecule has 0 N–H and O–H groups in total. The monoisotopic (exact) mass is 525 g/mol. The molecule has 0 saturated heterocycles. The smallest absolute Gasteiger partial charge is 0.411 e. The predicted molar refractivity (Wildman–Crippen MR) is 155 cm³/mol. The number of aryl methyl sites for hydroxylation is 2. The second kappa shape index (κ2) is 11.1. The Morgan fingerprint density at radius 1 is 0.846 bits per heavy atom. The molecule has 2 amide bonds. The Balaban J connectivity index is 1.33. The molecule has 2 aliphatic rings. The lowest BCUT2D eigenvalue weighted by Crippen LogP contribution is -2.49. The van der Waals surface area contributed by atoms with Gasteiger partial charge in [-0.25, -0.2) is 4.79 Å². The van der Waals surface area contributed by atoms with Gasteiger partial charge in [0.1, 0.15) is 11.6 Å². The van der Waals surface area contributed by atoms with Gasteiger partial charge in [-0.2, -0.15) is 0 Å². The molecule has 0 aliphatic carbocycles. The summed E-state index contributed by atoms with van der Waals surface area (Å²) in [5, 5.41) is 0. The number of nitrogens with zero attached hydrogens (tertiary/aromatic N) is 3. The number of fused-ring (bicyclic) bond motifs is 3. The van der Waals surface area contributed by atoms with Crippen molar-refractivity contribution in [3.8, 4) is 0 Å². The number of rotatable bonds is 5. The molecule has 204 valence electrons. The van der Waals surface area contributed by atoms with Crippen molar-refractivity contribution >= 4 is 23.4 Å². The van der Waals surface area contributed by atoms with Gasteiger partial charge in [-0.15, -0.1) is 0 Å². The molecule has 1 unspecified atom stereocenters. The van der Waals surface area contributed by atoms with Crippen LogP contribution in [-0.2, 0) is 28.8 Å². The Bertz CT molecular complexity index is 1300. The van der Waals surface area contributed by atoms with Crippen LogP contribution in [0.3, 0.4) is 0 Å². The fourth-order valence-electron chi connectivity index (χ4n) is 5.75. The van der Waals surface area contributed by atoms with Crippen molar-refractivity contribution in [1.29, 1.82) is 0 Å². The highest BCUT2D eigenvalue weighted by atomic mass is 16.6. The van der Waals surface area contributed by atoms with Crippen LogP contribution in [0, 0.1) is 0 Å². The van der Waals surface area contributed by atoms with Crippen LogP contribution in [-0.4, -0.2) is 54.1 Å². The van der Waals surface area contributed by atoms with Crippen molar-refractivity contribution < 1.29 is 14.3 Å². The van der Waals surface area contributed by atoms with Gasteiger partial charge in [0, 0.05) is 38.1 Å². The summed E-state index contributed by atoms with van der Waals surface area (Å²) in [5.74, 6) is -0.0790. The first-order valence-corrected chi connectivity index (χ1v) is 14.0. The Labute approximate surface area is 232 Å². The molecular weight excluding hydrogens is 486 g/mol. The zero-order valence-electron chi connectivity index (χ0n) is 23.5. The highest BCUT2D eigenvalue weighted by Crippen LogP contribution is 2.36. The molecule has 6 heteroatoms. The Morgan fingerprint density at radius 3 is 2.03 bits per heavy atom. The van der Waals surface area contributed by atoms with Gasteiger partial charge in [-0.05, 0) is 80.8 Å². The highest BCUT2D eigenvalue weighted by Gasteiger charge is 2.39. The van der Waals surface area contributed by atoms with E-state index in [2.05, 4.69) is 59.5 Å². The van der Waals surface area contributed by atoms with Crippen LogP contribution < -0.4 is 4.90 Å². The van der Waals surface area contributed by atoms with E-state index in [-0.39, 0.29) is 5.91 Å². The van der Waals surface area contributed by atoms with E-state index < -0.39 is 17.7 Å². The first-order valence-electron chi connectivity index (χ1n) is 14.0. The van der Waals surface area contributed by atoms with E-state index in [0.29, 0.717) is 19.5 Å². The van der Waals surface area contributed by atoms with E-state index >= 15 is 0 Å². The van der Waals surface area contributed by atoms with Gasteiger partial charge in [0.15, 0.2) is 0 Å². The molecule has 0 fully saturated rings. The molecule has 0 spiro atoms. The van der Waals surface area contributed by atoms with E-state index in [1.807, 2.05) is 46.0 Å². The fraction of sp³-hybridized carbons (Fsp3) is 0.394. The number of anilines is 2. The molecular formula is C33H39N3O3. The average Bonchev–Trinajstić information content (AvgIpc) is 3.08. The maximum atomic E-state index is 13.9. The molecule has 2 aliphatic heterocycles. The van der Waals surface area contributed by atoms with Crippen molar-refractivity contribution in [3.63, 3.8) is 0 Å². The number of carbonyl (C=O) groups excluding carboxylic acids is 2. The van der Waals surface area contributed by atoms with Gasteiger partial charge in [-0.1, -0.05) is 60.7 Å². The Hall–Kier alpha value is -3.80. The molecule has 0 radical (unpaired) electrons. The highest BCUT2D eigenvalue weighted by molar-refractivity contribution is 5.88. The van der Waals surface area contributed by atoms with Crippen molar-refractivity contribution in [3.05, 3.63) is 95.1 Å². The zero-order chi connectivity index (χ0) is 27.6. The van der Waals surface area contributed by atoms with Gasteiger partial charge < -0.3 is 14.5 Å². The maximum Gasteiger partial charge on any atom is 0.411 e. The van der Waals surface area contributed by atoms with E-state index in [9.17, 15) is 9.59 Å². The molecule has 1 atom stereocenters. The summed E-state index contributed by atoms with van der Waals surface area (Å²) in [6.45, 7) is 7.39. The fourth-order valence-corrected chi connectivity index (χ4v) is 5.75. The first-order chi connectivity index (χ1) is 18.7. The molecule has 5 rings (SSSR count). The Kier molecular flexibility index (Phi) is 7.65. The van der Waals surface area contributed by atoms with Crippen LogP contribution in [0.4, 0.5) is 16.2 Å². The third-order valence-corrected chi connectivity index (χ3v) is 7.63. The summed E-state index contributed by atoms with van der Waals surface area (Å²) in [6.07, 6.45) is 3.09. The summed E-state index contributed by atoms with van der Waals surface area (Å²) in [4.78, 5) is 32.9. The van der Waals surface area contributed by atoms with E-state index in [4.69, 9.17) is 4.74 Å². The molecule has 0 aromatic heterocycles. The maximum absolute atomic E-state index is 13.9. The molecule has 0 bridgehead atoms. The minimum atomic E-state index is -0.686. The molecule has 39 heavy (non-hydrogen) atoms.